The fourth-order valence-electron chi connectivity index (χ4n) is 0.709. The van der Waals surface area contributed by atoms with Crippen molar-refractivity contribution in [3.8, 4) is 0 Å². The summed E-state index contributed by atoms with van der Waals surface area (Å²) in [5.74, 6) is 0.646. The first-order chi connectivity index (χ1) is 4.81. The number of rotatable bonds is 5. The quantitative estimate of drug-likeness (QED) is 0.584. The molecule has 0 unspecified atom stereocenters. The summed E-state index contributed by atoms with van der Waals surface area (Å²) >= 11 is 0. The van der Waals surface area contributed by atoms with Crippen molar-refractivity contribution in [2.24, 2.45) is 11.7 Å². The largest absolute Gasteiger partial charge is 0.330 e. The van der Waals surface area contributed by atoms with E-state index < -0.39 is 0 Å². The summed E-state index contributed by atoms with van der Waals surface area (Å²) in [5.41, 5.74) is 5.45. The monoisotopic (exact) mass is 141 g/mol. The molecule has 0 aliphatic rings. The van der Waals surface area contributed by atoms with Gasteiger partial charge >= 0.3 is 0 Å². The molecule has 0 radical (unpaired) electrons. The van der Waals surface area contributed by atoms with Gasteiger partial charge in [-0.25, -0.2) is 0 Å². The molecule has 1 nitrogen and oxygen atoms in total. The molecular weight excluding hydrogens is 122 g/mol. The van der Waals surface area contributed by atoms with Gasteiger partial charge in [-0.15, -0.1) is 0 Å². The van der Waals surface area contributed by atoms with Gasteiger partial charge in [0.1, 0.15) is 0 Å². The Morgan fingerprint density at radius 3 is 2.60 bits per heavy atom. The maximum absolute atomic E-state index is 5.45. The van der Waals surface area contributed by atoms with Gasteiger partial charge in [0.15, 0.2) is 0 Å². The molecule has 0 heterocycles. The van der Waals surface area contributed by atoms with Crippen molar-refractivity contribution in [3.63, 3.8) is 0 Å². The lowest BCUT2D eigenvalue weighted by Crippen LogP contribution is -2.09. The van der Waals surface area contributed by atoms with Crippen LogP contribution in [0.3, 0.4) is 0 Å². The van der Waals surface area contributed by atoms with Crippen LogP contribution in [0.2, 0.25) is 0 Å². The van der Waals surface area contributed by atoms with Gasteiger partial charge in [0.25, 0.3) is 0 Å². The number of hydrogen-bond donors (Lipinski definition) is 1. The first-order valence-electron chi connectivity index (χ1n) is 4.16. The second-order valence-electron chi connectivity index (χ2n) is 2.84. The number of nitrogens with two attached hydrogens (primary N) is 1. The van der Waals surface area contributed by atoms with E-state index in [2.05, 4.69) is 26.0 Å². The summed E-state index contributed by atoms with van der Waals surface area (Å²) in [6, 6.07) is 0. The van der Waals surface area contributed by atoms with Gasteiger partial charge in [0, 0.05) is 0 Å². The lowest BCUT2D eigenvalue weighted by molar-refractivity contribution is 0.605. The van der Waals surface area contributed by atoms with Crippen LogP contribution >= 0.6 is 0 Å². The van der Waals surface area contributed by atoms with E-state index in [1.807, 2.05) is 0 Å². The van der Waals surface area contributed by atoms with Crippen LogP contribution in [-0.4, -0.2) is 6.54 Å². The molecule has 0 aliphatic carbocycles. The van der Waals surface area contributed by atoms with Crippen molar-refractivity contribution < 1.29 is 0 Å². The Morgan fingerprint density at radius 1 is 1.40 bits per heavy atom. The highest BCUT2D eigenvalue weighted by Gasteiger charge is 1.92. The Kier molecular flexibility index (Phi) is 6.61. The van der Waals surface area contributed by atoms with Gasteiger partial charge in [-0.3, -0.25) is 0 Å². The van der Waals surface area contributed by atoms with Crippen LogP contribution in [0, 0.1) is 5.92 Å². The standard InChI is InChI=1S/C9H19N/c1-3-4-5-6-7-9(2)8-10/h5-6,9H,3-4,7-8,10H2,1-2H3/b6-5+/t9-/m1/s1. The maximum Gasteiger partial charge on any atom is -0.00485 e. The summed E-state index contributed by atoms with van der Waals surface area (Å²) < 4.78 is 0. The first-order valence-corrected chi connectivity index (χ1v) is 4.16. The summed E-state index contributed by atoms with van der Waals surface area (Å²) in [6.07, 6.45) is 8.06. The van der Waals surface area contributed by atoms with Crippen LogP contribution < -0.4 is 5.73 Å². The van der Waals surface area contributed by atoms with Crippen molar-refractivity contribution >= 4 is 0 Å². The van der Waals surface area contributed by atoms with E-state index in [0.717, 1.165) is 13.0 Å². The molecule has 0 saturated heterocycles. The lowest BCUT2D eigenvalue weighted by Gasteiger charge is -2.01. The highest BCUT2D eigenvalue weighted by molar-refractivity contribution is 4.82. The minimum Gasteiger partial charge on any atom is -0.330 e. The van der Waals surface area contributed by atoms with Crippen LogP contribution in [0.25, 0.3) is 0 Å². The average Bonchev–Trinajstić information content (AvgIpc) is 1.98. The Labute approximate surface area is 64.3 Å². The third-order valence-electron chi connectivity index (χ3n) is 1.56. The van der Waals surface area contributed by atoms with Gasteiger partial charge in [-0.2, -0.15) is 0 Å². The smallest absolute Gasteiger partial charge is 0.00485 e. The zero-order valence-corrected chi connectivity index (χ0v) is 7.14. The van der Waals surface area contributed by atoms with Crippen molar-refractivity contribution in [2.75, 3.05) is 6.54 Å². The minimum absolute atomic E-state index is 0.646. The van der Waals surface area contributed by atoms with Gasteiger partial charge in [0.05, 0.1) is 0 Å². The molecule has 1 atom stereocenters. The fourth-order valence-corrected chi connectivity index (χ4v) is 0.709. The van der Waals surface area contributed by atoms with Crippen LogP contribution in [0.5, 0.6) is 0 Å². The zero-order chi connectivity index (χ0) is 7.82. The van der Waals surface area contributed by atoms with Crippen LogP contribution in [-0.2, 0) is 0 Å². The van der Waals surface area contributed by atoms with Crippen molar-refractivity contribution in [3.05, 3.63) is 12.2 Å². The number of hydrogen-bond acceptors (Lipinski definition) is 1. The topological polar surface area (TPSA) is 26.0 Å². The molecule has 0 aliphatic heterocycles. The average molecular weight is 141 g/mol. The second kappa shape index (κ2) is 6.81. The molecule has 0 aromatic heterocycles. The third-order valence-corrected chi connectivity index (χ3v) is 1.56. The van der Waals surface area contributed by atoms with E-state index in [-0.39, 0.29) is 0 Å². The van der Waals surface area contributed by atoms with Crippen molar-refractivity contribution in [2.45, 2.75) is 33.1 Å². The van der Waals surface area contributed by atoms with Crippen LogP contribution in [0.1, 0.15) is 33.1 Å². The molecule has 0 saturated carbocycles. The van der Waals surface area contributed by atoms with E-state index in [1.54, 1.807) is 0 Å². The van der Waals surface area contributed by atoms with Gasteiger partial charge in [-0.1, -0.05) is 32.4 Å². The van der Waals surface area contributed by atoms with Gasteiger partial charge < -0.3 is 5.73 Å². The summed E-state index contributed by atoms with van der Waals surface area (Å²) in [5, 5.41) is 0. The zero-order valence-electron chi connectivity index (χ0n) is 7.14. The molecule has 0 amide bonds. The van der Waals surface area contributed by atoms with Gasteiger partial charge in [0.2, 0.25) is 0 Å². The third kappa shape index (κ3) is 5.83. The Balaban J connectivity index is 3.16. The van der Waals surface area contributed by atoms with Crippen molar-refractivity contribution in [1.82, 2.24) is 0 Å². The SMILES string of the molecule is CCC/C=C/C[C@@H](C)CN. The number of allylic oxidation sites excluding steroid dienone is 2. The van der Waals surface area contributed by atoms with E-state index in [4.69, 9.17) is 5.73 Å². The molecule has 1 heteroatoms. The minimum atomic E-state index is 0.646. The highest BCUT2D eigenvalue weighted by atomic mass is 14.5. The molecule has 0 fully saturated rings. The van der Waals surface area contributed by atoms with E-state index in [0.29, 0.717) is 5.92 Å². The Bertz CT molecular complexity index is 86.7. The molecule has 0 bridgehead atoms. The van der Waals surface area contributed by atoms with Crippen molar-refractivity contribution in [1.29, 1.82) is 0 Å². The maximum atomic E-state index is 5.45. The van der Waals surface area contributed by atoms with Crippen LogP contribution in [0.4, 0.5) is 0 Å². The summed E-state index contributed by atoms with van der Waals surface area (Å²) in [4.78, 5) is 0. The molecule has 0 aromatic carbocycles. The molecular formula is C9H19N. The summed E-state index contributed by atoms with van der Waals surface area (Å²) in [7, 11) is 0. The Morgan fingerprint density at radius 2 is 2.10 bits per heavy atom. The normalized spacial score (nSPS) is 14.3. The predicted molar refractivity (Wildman–Crippen MR) is 46.9 cm³/mol. The first kappa shape index (κ1) is 9.70. The fraction of sp³-hybridized carbons (Fsp3) is 0.778. The van der Waals surface area contributed by atoms with E-state index in [1.165, 1.54) is 12.8 Å². The van der Waals surface area contributed by atoms with Gasteiger partial charge in [-0.05, 0) is 25.3 Å². The second-order valence-corrected chi connectivity index (χ2v) is 2.84. The van der Waals surface area contributed by atoms with Crippen LogP contribution in [0.15, 0.2) is 12.2 Å². The Hall–Kier alpha value is -0.300. The highest BCUT2D eigenvalue weighted by Crippen LogP contribution is 2.00. The molecule has 60 valence electrons. The molecule has 2 N–H and O–H groups in total. The van der Waals surface area contributed by atoms with E-state index in [9.17, 15) is 0 Å². The van der Waals surface area contributed by atoms with E-state index >= 15 is 0 Å². The predicted octanol–water partition coefficient (Wildman–Crippen LogP) is 2.33. The molecule has 0 rings (SSSR count). The summed E-state index contributed by atoms with van der Waals surface area (Å²) in [6.45, 7) is 5.17. The molecule has 0 spiro atoms. The molecule has 10 heavy (non-hydrogen) atoms. The molecule has 0 aromatic rings. The number of unbranched alkanes of at least 4 members (excludes halogenated alkanes) is 1. The lowest BCUT2D eigenvalue weighted by atomic mass is 10.1.